The van der Waals surface area contributed by atoms with E-state index < -0.39 is 4.92 Å². The van der Waals surface area contributed by atoms with Crippen molar-refractivity contribution in [3.63, 3.8) is 0 Å². The zero-order valence-corrected chi connectivity index (χ0v) is 10.3. The number of morpholine rings is 1. The molecule has 0 saturated carbocycles. The van der Waals surface area contributed by atoms with Crippen LogP contribution >= 0.6 is 0 Å². The van der Waals surface area contributed by atoms with Crippen molar-refractivity contribution < 1.29 is 14.8 Å². The van der Waals surface area contributed by atoms with E-state index in [2.05, 4.69) is 5.43 Å². The first kappa shape index (κ1) is 13.5. The zero-order chi connectivity index (χ0) is 13.8. The van der Waals surface area contributed by atoms with E-state index in [1.165, 1.54) is 12.1 Å². The summed E-state index contributed by atoms with van der Waals surface area (Å²) in [6.45, 7) is 1.40. The van der Waals surface area contributed by atoms with Crippen LogP contribution in [-0.4, -0.2) is 42.4 Å². The summed E-state index contributed by atoms with van der Waals surface area (Å²) in [4.78, 5) is 12.3. The van der Waals surface area contributed by atoms with Gasteiger partial charge in [0.2, 0.25) is 0 Å². The first-order valence-corrected chi connectivity index (χ1v) is 5.87. The maximum atomic E-state index is 10.9. The van der Waals surface area contributed by atoms with E-state index in [1.807, 2.05) is 4.90 Å². The number of nitrogen functional groups attached to an aromatic ring is 1. The highest BCUT2D eigenvalue weighted by molar-refractivity contribution is 5.64. The molecule has 1 fully saturated rings. The Morgan fingerprint density at radius 3 is 3.00 bits per heavy atom. The molecule has 1 unspecified atom stereocenters. The fourth-order valence-corrected chi connectivity index (χ4v) is 2.10. The van der Waals surface area contributed by atoms with E-state index in [1.54, 1.807) is 6.07 Å². The summed E-state index contributed by atoms with van der Waals surface area (Å²) in [5, 5.41) is 20.2. The van der Waals surface area contributed by atoms with Gasteiger partial charge in [0, 0.05) is 24.4 Å². The summed E-state index contributed by atoms with van der Waals surface area (Å²) >= 11 is 0. The van der Waals surface area contributed by atoms with Gasteiger partial charge < -0.3 is 20.2 Å². The first-order chi connectivity index (χ1) is 9.15. The maximum absolute atomic E-state index is 10.9. The fraction of sp³-hybridized carbons (Fsp3) is 0.455. The lowest BCUT2D eigenvalue weighted by Crippen LogP contribution is -2.47. The number of rotatable bonds is 4. The molecule has 0 aliphatic carbocycles. The molecule has 19 heavy (non-hydrogen) atoms. The number of hydrogen-bond acceptors (Lipinski definition) is 7. The molecule has 1 aromatic carbocycles. The molecule has 4 N–H and O–H groups in total. The molecule has 1 atom stereocenters. The van der Waals surface area contributed by atoms with Crippen molar-refractivity contribution in [1.82, 2.24) is 0 Å². The van der Waals surface area contributed by atoms with Crippen LogP contribution in [-0.2, 0) is 4.74 Å². The molecule has 8 heteroatoms. The van der Waals surface area contributed by atoms with Gasteiger partial charge in [0.25, 0.3) is 5.69 Å². The second kappa shape index (κ2) is 5.83. The molecule has 2 rings (SSSR count). The third kappa shape index (κ3) is 2.92. The van der Waals surface area contributed by atoms with Crippen LogP contribution in [0, 0.1) is 10.1 Å². The van der Waals surface area contributed by atoms with E-state index in [0.717, 1.165) is 0 Å². The monoisotopic (exact) mass is 268 g/mol. The number of aliphatic hydroxyl groups is 1. The van der Waals surface area contributed by atoms with Gasteiger partial charge in [-0.05, 0) is 6.07 Å². The van der Waals surface area contributed by atoms with Crippen molar-refractivity contribution in [2.45, 2.75) is 6.04 Å². The highest BCUT2D eigenvalue weighted by atomic mass is 16.6. The van der Waals surface area contributed by atoms with Gasteiger partial charge in [-0.2, -0.15) is 0 Å². The minimum atomic E-state index is -0.473. The van der Waals surface area contributed by atoms with Crippen LogP contribution in [0.1, 0.15) is 0 Å². The van der Waals surface area contributed by atoms with Gasteiger partial charge in [-0.15, -0.1) is 0 Å². The molecule has 0 amide bonds. The number of aliphatic hydroxyl groups excluding tert-OH is 1. The summed E-state index contributed by atoms with van der Waals surface area (Å²) in [7, 11) is 0. The molecule has 0 aromatic heterocycles. The number of hydrogen-bond donors (Lipinski definition) is 3. The van der Waals surface area contributed by atoms with Crippen LogP contribution in [0.15, 0.2) is 18.2 Å². The Kier molecular flexibility index (Phi) is 4.15. The van der Waals surface area contributed by atoms with E-state index >= 15 is 0 Å². The van der Waals surface area contributed by atoms with Gasteiger partial charge in [0.05, 0.1) is 36.5 Å². The van der Waals surface area contributed by atoms with Crippen molar-refractivity contribution in [2.24, 2.45) is 5.84 Å². The predicted molar refractivity (Wildman–Crippen MR) is 69.9 cm³/mol. The van der Waals surface area contributed by atoms with Crippen LogP contribution in [0.3, 0.4) is 0 Å². The van der Waals surface area contributed by atoms with Gasteiger partial charge in [0.1, 0.15) is 0 Å². The number of anilines is 2. The number of nitrogens with one attached hydrogen (secondary N) is 1. The van der Waals surface area contributed by atoms with E-state index in [9.17, 15) is 15.2 Å². The SMILES string of the molecule is NNc1cc(N2CCOCC2CO)cc([N+](=O)[O-])c1. The summed E-state index contributed by atoms with van der Waals surface area (Å²) in [6, 6.07) is 4.33. The van der Waals surface area contributed by atoms with Crippen LogP contribution < -0.4 is 16.2 Å². The van der Waals surface area contributed by atoms with Gasteiger partial charge in [0.15, 0.2) is 0 Å². The van der Waals surface area contributed by atoms with Crippen LogP contribution in [0.25, 0.3) is 0 Å². The summed E-state index contributed by atoms with van der Waals surface area (Å²) in [5.74, 6) is 5.32. The predicted octanol–water partition coefficient (Wildman–Crippen LogP) is 0.0779. The number of nitro benzene ring substituents is 1. The minimum Gasteiger partial charge on any atom is -0.394 e. The largest absolute Gasteiger partial charge is 0.394 e. The van der Waals surface area contributed by atoms with Crippen LogP contribution in [0.2, 0.25) is 0 Å². The molecule has 1 aliphatic rings. The van der Waals surface area contributed by atoms with Crippen molar-refractivity contribution in [3.8, 4) is 0 Å². The van der Waals surface area contributed by atoms with Crippen molar-refractivity contribution in [2.75, 3.05) is 36.7 Å². The highest BCUT2D eigenvalue weighted by Gasteiger charge is 2.24. The third-order valence-electron chi connectivity index (χ3n) is 3.05. The average Bonchev–Trinajstić information content (AvgIpc) is 2.46. The Labute approximate surface area is 109 Å². The van der Waals surface area contributed by atoms with Crippen LogP contribution in [0.4, 0.5) is 17.1 Å². The number of benzene rings is 1. The van der Waals surface area contributed by atoms with Crippen molar-refractivity contribution in [3.05, 3.63) is 28.3 Å². The number of nitrogens with two attached hydrogens (primary N) is 1. The summed E-state index contributed by atoms with van der Waals surface area (Å²) < 4.78 is 5.28. The Morgan fingerprint density at radius 1 is 1.58 bits per heavy atom. The first-order valence-electron chi connectivity index (χ1n) is 5.87. The summed E-state index contributed by atoms with van der Waals surface area (Å²) in [5.41, 5.74) is 3.46. The molecule has 1 aliphatic heterocycles. The molecular formula is C11H16N4O4. The Bertz CT molecular complexity index is 468. The number of ether oxygens (including phenoxy) is 1. The smallest absolute Gasteiger partial charge is 0.273 e. The van der Waals surface area contributed by atoms with Gasteiger partial charge >= 0.3 is 0 Å². The van der Waals surface area contributed by atoms with E-state index in [0.29, 0.717) is 31.1 Å². The Morgan fingerprint density at radius 2 is 2.37 bits per heavy atom. The lowest BCUT2D eigenvalue weighted by molar-refractivity contribution is -0.384. The molecule has 1 aromatic rings. The highest BCUT2D eigenvalue weighted by Crippen LogP contribution is 2.28. The third-order valence-corrected chi connectivity index (χ3v) is 3.05. The Hall–Kier alpha value is -1.90. The number of non-ortho nitro benzene ring substituents is 1. The van der Waals surface area contributed by atoms with E-state index in [4.69, 9.17) is 10.6 Å². The van der Waals surface area contributed by atoms with E-state index in [-0.39, 0.29) is 18.3 Å². The lowest BCUT2D eigenvalue weighted by Gasteiger charge is -2.36. The van der Waals surface area contributed by atoms with Gasteiger partial charge in [-0.3, -0.25) is 16.0 Å². The number of nitrogens with zero attached hydrogens (tertiary/aromatic N) is 2. The number of nitro groups is 1. The minimum absolute atomic E-state index is 0.0476. The average molecular weight is 268 g/mol. The fourth-order valence-electron chi connectivity index (χ4n) is 2.10. The molecule has 104 valence electrons. The molecule has 0 bridgehead atoms. The molecule has 8 nitrogen and oxygen atoms in total. The van der Waals surface area contributed by atoms with Crippen LogP contribution in [0.5, 0.6) is 0 Å². The quantitative estimate of drug-likeness (QED) is 0.402. The molecule has 1 saturated heterocycles. The lowest BCUT2D eigenvalue weighted by atomic mass is 10.1. The second-order valence-electron chi connectivity index (χ2n) is 4.24. The topological polar surface area (TPSA) is 114 Å². The molecule has 0 radical (unpaired) electrons. The number of hydrazine groups is 1. The summed E-state index contributed by atoms with van der Waals surface area (Å²) in [6.07, 6.45) is 0. The Balaban J connectivity index is 2.36. The maximum Gasteiger partial charge on any atom is 0.273 e. The molecular weight excluding hydrogens is 252 g/mol. The second-order valence-corrected chi connectivity index (χ2v) is 4.24. The normalized spacial score (nSPS) is 19.3. The molecule has 0 spiro atoms. The molecule has 1 heterocycles. The van der Waals surface area contributed by atoms with Crippen molar-refractivity contribution in [1.29, 1.82) is 0 Å². The van der Waals surface area contributed by atoms with Gasteiger partial charge in [-0.1, -0.05) is 0 Å². The van der Waals surface area contributed by atoms with Crippen molar-refractivity contribution >= 4 is 17.1 Å². The zero-order valence-electron chi connectivity index (χ0n) is 10.3. The standard InChI is InChI=1S/C11H16N4O4/c12-13-8-3-9(5-10(4-8)15(17)18)14-1-2-19-7-11(14)6-16/h3-5,11,13,16H,1-2,6-7,12H2. The van der Waals surface area contributed by atoms with Gasteiger partial charge in [-0.25, -0.2) is 0 Å².